The standard InChI is InChI=1S/C29H41N7O5S/c1-42-16-14-22(34-25(37)21(30)17-19-9-4-2-5-10-19)26(38)36-24(18-20-11-6-3-7-12-20)27(39)35-23(28(40)41)13-8-15-33-29(31)32/h2-7,9-12,21-24H,8,13-18,30H2,1H3,(H,34,37)(H,35,39)(H,36,38)(H,40,41)(H4,31,32,33). The summed E-state index contributed by atoms with van der Waals surface area (Å²) in [5.74, 6) is -2.50. The maximum absolute atomic E-state index is 13.5. The van der Waals surface area contributed by atoms with E-state index < -0.39 is 47.9 Å². The van der Waals surface area contributed by atoms with Gasteiger partial charge in [-0.1, -0.05) is 60.7 Å². The highest BCUT2D eigenvalue weighted by atomic mass is 32.2. The molecule has 0 aliphatic carbocycles. The molecule has 0 saturated heterocycles. The van der Waals surface area contributed by atoms with Gasteiger partial charge in [-0.15, -0.1) is 0 Å². The summed E-state index contributed by atoms with van der Waals surface area (Å²) in [6.45, 7) is 0.204. The molecule has 2 aromatic rings. The van der Waals surface area contributed by atoms with Crippen LogP contribution in [0.25, 0.3) is 0 Å². The fraction of sp³-hybridized carbons (Fsp3) is 0.414. The van der Waals surface area contributed by atoms with E-state index in [0.29, 0.717) is 25.0 Å². The van der Waals surface area contributed by atoms with Crippen molar-refractivity contribution < 1.29 is 24.3 Å². The van der Waals surface area contributed by atoms with Crippen LogP contribution in [-0.4, -0.2) is 77.5 Å². The van der Waals surface area contributed by atoms with E-state index in [0.717, 1.165) is 11.1 Å². The molecule has 0 fully saturated rings. The number of aliphatic carboxylic acids is 1. The minimum Gasteiger partial charge on any atom is -0.480 e. The van der Waals surface area contributed by atoms with E-state index in [9.17, 15) is 24.3 Å². The molecule has 0 radical (unpaired) electrons. The predicted octanol–water partition coefficient (Wildman–Crippen LogP) is 0.145. The van der Waals surface area contributed by atoms with Crippen LogP contribution in [0.1, 0.15) is 30.4 Å². The number of nitrogens with one attached hydrogen (secondary N) is 3. The smallest absolute Gasteiger partial charge is 0.326 e. The quantitative estimate of drug-likeness (QED) is 0.0704. The first kappa shape index (κ1) is 34.1. The summed E-state index contributed by atoms with van der Waals surface area (Å²) in [5, 5.41) is 17.7. The van der Waals surface area contributed by atoms with E-state index >= 15 is 0 Å². The summed E-state index contributed by atoms with van der Waals surface area (Å²) < 4.78 is 0. The molecular formula is C29H41N7O5S. The summed E-state index contributed by atoms with van der Waals surface area (Å²) in [6.07, 6.45) is 2.98. The van der Waals surface area contributed by atoms with Crippen LogP contribution in [-0.2, 0) is 32.0 Å². The summed E-state index contributed by atoms with van der Waals surface area (Å²) >= 11 is 1.50. The van der Waals surface area contributed by atoms with Crippen molar-refractivity contribution in [2.75, 3.05) is 18.6 Å². The molecule has 228 valence electrons. The van der Waals surface area contributed by atoms with Gasteiger partial charge in [0, 0.05) is 13.0 Å². The Labute approximate surface area is 250 Å². The van der Waals surface area contributed by atoms with E-state index in [1.807, 2.05) is 42.7 Å². The van der Waals surface area contributed by atoms with E-state index in [1.165, 1.54) is 11.8 Å². The van der Waals surface area contributed by atoms with Crippen molar-refractivity contribution in [1.82, 2.24) is 16.0 Å². The maximum atomic E-state index is 13.5. The predicted molar refractivity (Wildman–Crippen MR) is 165 cm³/mol. The van der Waals surface area contributed by atoms with Crippen LogP contribution in [0.4, 0.5) is 0 Å². The highest BCUT2D eigenvalue weighted by molar-refractivity contribution is 7.98. The van der Waals surface area contributed by atoms with Crippen molar-refractivity contribution in [3.63, 3.8) is 0 Å². The third-order valence-electron chi connectivity index (χ3n) is 6.35. The third-order valence-corrected chi connectivity index (χ3v) is 7.00. The van der Waals surface area contributed by atoms with Gasteiger partial charge in [-0.25, -0.2) is 4.79 Å². The Hall–Kier alpha value is -4.10. The van der Waals surface area contributed by atoms with Crippen molar-refractivity contribution in [3.8, 4) is 0 Å². The van der Waals surface area contributed by atoms with Crippen molar-refractivity contribution >= 4 is 41.4 Å². The van der Waals surface area contributed by atoms with Gasteiger partial charge in [0.05, 0.1) is 6.04 Å². The average Bonchev–Trinajstić information content (AvgIpc) is 2.96. The zero-order valence-corrected chi connectivity index (χ0v) is 24.5. The Morgan fingerprint density at radius 2 is 1.31 bits per heavy atom. The molecule has 13 heteroatoms. The Balaban J connectivity index is 2.16. The lowest BCUT2D eigenvalue weighted by molar-refractivity contribution is -0.142. The summed E-state index contributed by atoms with van der Waals surface area (Å²) in [6, 6.07) is 14.2. The largest absolute Gasteiger partial charge is 0.480 e. The van der Waals surface area contributed by atoms with Gasteiger partial charge in [0.15, 0.2) is 5.96 Å². The van der Waals surface area contributed by atoms with Gasteiger partial charge in [-0.05, 0) is 48.8 Å². The van der Waals surface area contributed by atoms with Gasteiger partial charge < -0.3 is 38.3 Å². The van der Waals surface area contributed by atoms with Gasteiger partial charge in [0.25, 0.3) is 0 Å². The van der Waals surface area contributed by atoms with Crippen molar-refractivity contribution in [3.05, 3.63) is 71.8 Å². The molecule has 4 atom stereocenters. The molecule has 3 amide bonds. The van der Waals surface area contributed by atoms with Crippen molar-refractivity contribution in [1.29, 1.82) is 0 Å². The van der Waals surface area contributed by atoms with Crippen LogP contribution < -0.4 is 33.2 Å². The molecule has 0 spiro atoms. The second-order valence-corrected chi connectivity index (χ2v) is 10.7. The zero-order chi connectivity index (χ0) is 30.9. The number of carbonyl (C=O) groups excluding carboxylic acids is 3. The fourth-order valence-electron chi connectivity index (χ4n) is 4.11. The number of rotatable bonds is 18. The minimum atomic E-state index is -1.23. The molecule has 12 nitrogen and oxygen atoms in total. The minimum absolute atomic E-state index is 0.0789. The Bertz CT molecular complexity index is 1180. The molecule has 4 unspecified atom stereocenters. The number of amides is 3. The molecule has 0 aliphatic heterocycles. The molecule has 0 bridgehead atoms. The first-order chi connectivity index (χ1) is 20.1. The molecular weight excluding hydrogens is 558 g/mol. The van der Waals surface area contributed by atoms with E-state index in [-0.39, 0.29) is 25.3 Å². The third kappa shape index (κ3) is 12.6. The Kier molecular flexibility index (Phi) is 14.9. The highest BCUT2D eigenvalue weighted by Crippen LogP contribution is 2.09. The van der Waals surface area contributed by atoms with Gasteiger partial charge in [0.2, 0.25) is 17.7 Å². The number of benzene rings is 2. The maximum Gasteiger partial charge on any atom is 0.326 e. The number of carboxylic acid groups (broad SMARTS) is 1. The lowest BCUT2D eigenvalue weighted by Gasteiger charge is -2.25. The van der Waals surface area contributed by atoms with Gasteiger partial charge in [0.1, 0.15) is 18.1 Å². The summed E-state index contributed by atoms with van der Waals surface area (Å²) in [7, 11) is 0. The number of aliphatic imine (C=N–C) groups is 1. The summed E-state index contributed by atoms with van der Waals surface area (Å²) in [4.78, 5) is 55.4. The zero-order valence-electron chi connectivity index (χ0n) is 23.7. The van der Waals surface area contributed by atoms with Crippen LogP contribution in [0.3, 0.4) is 0 Å². The Morgan fingerprint density at radius 3 is 1.86 bits per heavy atom. The number of hydrogen-bond acceptors (Lipinski definition) is 7. The first-order valence-corrected chi connectivity index (χ1v) is 15.0. The van der Waals surface area contributed by atoms with E-state index in [2.05, 4.69) is 20.9 Å². The van der Waals surface area contributed by atoms with Crippen LogP contribution in [0.2, 0.25) is 0 Å². The van der Waals surface area contributed by atoms with Gasteiger partial charge >= 0.3 is 5.97 Å². The number of nitrogens with two attached hydrogens (primary N) is 3. The number of hydrogen-bond donors (Lipinski definition) is 7. The monoisotopic (exact) mass is 599 g/mol. The molecule has 0 heterocycles. The fourth-order valence-corrected chi connectivity index (χ4v) is 4.58. The molecule has 2 rings (SSSR count). The molecule has 42 heavy (non-hydrogen) atoms. The number of carbonyl (C=O) groups is 4. The topological polar surface area (TPSA) is 215 Å². The highest BCUT2D eigenvalue weighted by Gasteiger charge is 2.30. The molecule has 0 aliphatic rings. The van der Waals surface area contributed by atoms with Crippen molar-refractivity contribution in [2.24, 2.45) is 22.2 Å². The van der Waals surface area contributed by atoms with E-state index in [1.54, 1.807) is 24.3 Å². The second kappa shape index (κ2) is 18.4. The lowest BCUT2D eigenvalue weighted by Crippen LogP contribution is -2.58. The molecule has 10 N–H and O–H groups in total. The second-order valence-electron chi connectivity index (χ2n) is 9.74. The average molecular weight is 600 g/mol. The SMILES string of the molecule is CSCCC(NC(=O)C(N)Cc1ccccc1)C(=O)NC(Cc1ccccc1)C(=O)NC(CCCN=C(N)N)C(=O)O. The number of guanidine groups is 1. The first-order valence-electron chi connectivity index (χ1n) is 13.6. The van der Waals surface area contributed by atoms with Crippen LogP contribution >= 0.6 is 11.8 Å². The van der Waals surface area contributed by atoms with Crippen molar-refractivity contribution in [2.45, 2.75) is 56.3 Å². The molecule has 0 aromatic heterocycles. The number of nitrogens with zero attached hydrogens (tertiary/aromatic N) is 1. The van der Waals surface area contributed by atoms with Crippen LogP contribution in [0, 0.1) is 0 Å². The molecule has 2 aromatic carbocycles. The van der Waals surface area contributed by atoms with Crippen LogP contribution in [0.5, 0.6) is 0 Å². The lowest BCUT2D eigenvalue weighted by atomic mass is 10.0. The van der Waals surface area contributed by atoms with E-state index in [4.69, 9.17) is 17.2 Å². The van der Waals surface area contributed by atoms with Crippen LogP contribution in [0.15, 0.2) is 65.7 Å². The van der Waals surface area contributed by atoms with Gasteiger partial charge in [-0.2, -0.15) is 11.8 Å². The molecule has 0 saturated carbocycles. The van der Waals surface area contributed by atoms with Gasteiger partial charge in [-0.3, -0.25) is 19.4 Å². The normalized spacial score (nSPS) is 13.6. The number of carboxylic acids is 1. The summed E-state index contributed by atoms with van der Waals surface area (Å²) in [5.41, 5.74) is 18.4. The Morgan fingerprint density at radius 1 is 0.786 bits per heavy atom. The number of thioether (sulfide) groups is 1.